The number of ether oxygens (including phenoxy) is 1. The lowest BCUT2D eigenvalue weighted by atomic mass is 10.5. The molecule has 0 saturated carbocycles. The minimum Gasteiger partial charge on any atom is -0.461 e. The van der Waals surface area contributed by atoms with E-state index in [1.807, 2.05) is 68.9 Å². The Morgan fingerprint density at radius 3 is 1.10 bits per heavy atom. The van der Waals surface area contributed by atoms with Crippen LogP contribution in [0.2, 0.25) is 12.6 Å². The Kier molecular flexibility index (Phi) is 31.8. The van der Waals surface area contributed by atoms with Crippen molar-refractivity contribution < 1.29 is 49.4 Å². The van der Waals surface area contributed by atoms with Gasteiger partial charge in [-0.3, -0.25) is 4.79 Å². The largest absolute Gasteiger partial charge is 0.540 e. The van der Waals surface area contributed by atoms with Crippen molar-refractivity contribution in [2.45, 2.75) is 88.2 Å². The maximum Gasteiger partial charge on any atom is 0.540 e. The van der Waals surface area contributed by atoms with Crippen LogP contribution in [0.4, 0.5) is 0 Å². The normalized spacial score (nSPS) is 11.8. The van der Waals surface area contributed by atoms with Crippen molar-refractivity contribution in [1.29, 1.82) is 0 Å². The predicted molar refractivity (Wildman–Crippen MR) is 163 cm³/mol. The summed E-state index contributed by atoms with van der Waals surface area (Å²) in [6.07, 6.45) is 0.976. The quantitative estimate of drug-likeness (QED) is 0.127. The Labute approximate surface area is 247 Å². The fraction of sp³-hybridized carbons (Fsp3) is 0.960. The Hall–Kier alpha value is -0.279. The minimum atomic E-state index is -2.80. The molecule has 0 aliphatic rings. The highest BCUT2D eigenvalue weighted by atomic mass is 28.4. The molecule has 244 valence electrons. The van der Waals surface area contributed by atoms with E-state index in [9.17, 15) is 4.79 Å². The average molecular weight is 636 g/mol. The molecule has 0 saturated heterocycles. The van der Waals surface area contributed by atoms with Crippen molar-refractivity contribution in [3.8, 4) is 0 Å². The van der Waals surface area contributed by atoms with E-state index in [0.29, 0.717) is 66.0 Å². The van der Waals surface area contributed by atoms with Crippen LogP contribution in [0.5, 0.6) is 0 Å². The van der Waals surface area contributed by atoms with Crippen LogP contribution in [0.15, 0.2) is 0 Å². The van der Waals surface area contributed by atoms with Crippen molar-refractivity contribution in [3.63, 3.8) is 0 Å². The highest BCUT2D eigenvalue weighted by Crippen LogP contribution is 2.17. The molecule has 0 unspecified atom stereocenters. The lowest BCUT2D eigenvalue weighted by Crippen LogP contribution is -2.51. The van der Waals surface area contributed by atoms with Crippen molar-refractivity contribution in [2.24, 2.45) is 5.73 Å². The standard InChI is InChI=1S/C9H23NO3Si.C9H20O5Si.C7H18O3Si/c1-4-11-14(12-5-2,13-6-3)9-7-8-10;1-5-12-15(13-6-2,14-7-3)8-11-9(4)10;1-5-8-11(4,9-6-2)10-7-3/h4-10H2,1-3H3;5-8H2,1-4H3;5-7H2,1-4H3. The van der Waals surface area contributed by atoms with Crippen molar-refractivity contribution in [3.05, 3.63) is 0 Å². The van der Waals surface area contributed by atoms with E-state index in [2.05, 4.69) is 0 Å². The molecule has 12 nitrogen and oxygen atoms in total. The van der Waals surface area contributed by atoms with E-state index in [-0.39, 0.29) is 12.2 Å². The molecule has 0 amide bonds. The number of nitrogens with two attached hydrogens (primary N) is 1. The van der Waals surface area contributed by atoms with Gasteiger partial charge in [0.25, 0.3) is 0 Å². The van der Waals surface area contributed by atoms with E-state index in [1.165, 1.54) is 6.92 Å². The predicted octanol–water partition coefficient (Wildman–Crippen LogP) is 4.19. The molecule has 0 aliphatic carbocycles. The summed E-state index contributed by atoms with van der Waals surface area (Å²) in [5, 5.41) is 0. The zero-order valence-corrected chi connectivity index (χ0v) is 30.3. The van der Waals surface area contributed by atoms with Crippen LogP contribution < -0.4 is 5.73 Å². The number of esters is 1. The molecule has 2 N–H and O–H groups in total. The van der Waals surface area contributed by atoms with Gasteiger partial charge in [-0.25, -0.2) is 0 Å². The van der Waals surface area contributed by atoms with Crippen LogP contribution in [0, 0.1) is 0 Å². The molecule has 0 heterocycles. The SMILES string of the molecule is CCO[Si](C)(OCC)OCC.CCO[Si](CCCN)(OCC)OCC.CCO[Si](COC(C)=O)(OCC)OCC. The smallest absolute Gasteiger partial charge is 0.461 e. The second-order valence-corrected chi connectivity index (χ2v) is 15.6. The zero-order valence-electron chi connectivity index (χ0n) is 27.3. The third kappa shape index (κ3) is 23.3. The molecule has 0 rings (SSSR count). The molecule has 0 aromatic heterocycles. The van der Waals surface area contributed by atoms with Gasteiger partial charge in [-0.15, -0.1) is 0 Å². The van der Waals surface area contributed by atoms with E-state index >= 15 is 0 Å². The number of rotatable bonds is 23. The summed E-state index contributed by atoms with van der Waals surface area (Å²) in [4.78, 5) is 10.7. The van der Waals surface area contributed by atoms with E-state index in [4.69, 9.17) is 50.3 Å². The van der Waals surface area contributed by atoms with Gasteiger partial charge in [0.1, 0.15) is 0 Å². The first-order valence-electron chi connectivity index (χ1n) is 14.6. The number of hydrogen-bond donors (Lipinski definition) is 1. The maximum absolute atomic E-state index is 10.7. The molecule has 0 aromatic carbocycles. The number of hydrogen-bond acceptors (Lipinski definition) is 12. The van der Waals surface area contributed by atoms with Crippen molar-refractivity contribution in [1.82, 2.24) is 0 Å². The average Bonchev–Trinajstić information content (AvgIpc) is 2.88. The summed E-state index contributed by atoms with van der Waals surface area (Å²) in [6.45, 7) is 26.5. The molecule has 0 aromatic rings. The highest BCUT2D eigenvalue weighted by Gasteiger charge is 2.42. The van der Waals surface area contributed by atoms with Crippen LogP contribution in [-0.4, -0.2) is 105 Å². The first kappa shape index (κ1) is 44.2. The molecule has 0 fully saturated rings. The number of carbonyl (C=O) groups is 1. The van der Waals surface area contributed by atoms with Crippen LogP contribution in [0.3, 0.4) is 0 Å². The molecule has 40 heavy (non-hydrogen) atoms. The fourth-order valence-corrected chi connectivity index (χ4v) is 9.99. The van der Waals surface area contributed by atoms with Gasteiger partial charge in [0.05, 0.1) is 0 Å². The molecule has 0 aliphatic heterocycles. The molecular weight excluding hydrogens is 575 g/mol. The Balaban J connectivity index is -0.000000520. The zero-order chi connectivity index (χ0) is 31.3. The summed E-state index contributed by atoms with van der Waals surface area (Å²) in [5.74, 6) is -0.356. The molecular formula is C25H61NO11Si3. The van der Waals surface area contributed by atoms with Gasteiger partial charge in [0.2, 0.25) is 0 Å². The van der Waals surface area contributed by atoms with Gasteiger partial charge in [0, 0.05) is 79.0 Å². The summed E-state index contributed by atoms with van der Waals surface area (Å²) in [6, 6.07) is 0.818. The Morgan fingerprint density at radius 1 is 0.550 bits per heavy atom. The first-order chi connectivity index (χ1) is 19.0. The number of carbonyl (C=O) groups excluding carboxylic acids is 1. The van der Waals surface area contributed by atoms with Crippen LogP contribution in [0.25, 0.3) is 0 Å². The van der Waals surface area contributed by atoms with Crippen molar-refractivity contribution >= 4 is 32.4 Å². The lowest BCUT2D eigenvalue weighted by Gasteiger charge is -2.28. The summed E-state index contributed by atoms with van der Waals surface area (Å²) < 4.78 is 54.5. The van der Waals surface area contributed by atoms with Gasteiger partial charge in [0.15, 0.2) is 6.23 Å². The topological polar surface area (TPSA) is 135 Å². The maximum atomic E-state index is 10.7. The third-order valence-electron chi connectivity index (χ3n) is 4.54. The minimum absolute atomic E-state index is 0.0812. The molecule has 0 spiro atoms. The fourth-order valence-electron chi connectivity index (χ4n) is 3.33. The second-order valence-electron chi connectivity index (χ2n) is 7.80. The first-order valence-corrected chi connectivity index (χ1v) is 20.7. The molecule has 15 heteroatoms. The van der Waals surface area contributed by atoms with Gasteiger partial charge >= 0.3 is 32.4 Å². The monoisotopic (exact) mass is 635 g/mol. The Bertz CT molecular complexity index is 515. The van der Waals surface area contributed by atoms with E-state index in [0.717, 1.165) is 12.5 Å². The summed E-state index contributed by atoms with van der Waals surface area (Å²) in [5.41, 5.74) is 5.48. The third-order valence-corrected chi connectivity index (χ3v) is 12.8. The van der Waals surface area contributed by atoms with Crippen LogP contribution in [0.1, 0.15) is 75.7 Å². The van der Waals surface area contributed by atoms with Crippen LogP contribution in [-0.2, 0) is 49.4 Å². The summed E-state index contributed by atoms with van der Waals surface area (Å²) >= 11 is 0. The lowest BCUT2D eigenvalue weighted by molar-refractivity contribution is -0.141. The van der Waals surface area contributed by atoms with Crippen LogP contribution >= 0.6 is 0 Å². The molecule has 0 bridgehead atoms. The summed E-state index contributed by atoms with van der Waals surface area (Å²) in [7, 11) is -7.45. The van der Waals surface area contributed by atoms with Gasteiger partial charge in [-0.05, 0) is 75.3 Å². The van der Waals surface area contributed by atoms with Gasteiger partial charge < -0.3 is 50.3 Å². The molecule has 0 radical (unpaired) electrons. The van der Waals surface area contributed by atoms with Gasteiger partial charge in [-0.1, -0.05) is 0 Å². The van der Waals surface area contributed by atoms with E-state index < -0.39 is 26.4 Å². The molecule has 0 atom stereocenters. The second kappa shape index (κ2) is 28.8. The highest BCUT2D eigenvalue weighted by molar-refractivity contribution is 6.61. The van der Waals surface area contributed by atoms with E-state index in [1.54, 1.807) is 0 Å². The van der Waals surface area contributed by atoms with Gasteiger partial charge in [-0.2, -0.15) is 0 Å². The Morgan fingerprint density at radius 2 is 0.850 bits per heavy atom. The van der Waals surface area contributed by atoms with Crippen molar-refractivity contribution in [2.75, 3.05) is 72.2 Å².